The quantitative estimate of drug-likeness (QED) is 0.572. The van der Waals surface area contributed by atoms with Gasteiger partial charge < -0.3 is 9.68 Å². The van der Waals surface area contributed by atoms with Gasteiger partial charge in [0.15, 0.2) is 0 Å². The van der Waals surface area contributed by atoms with Crippen LogP contribution in [0.5, 0.6) is 0 Å². The fourth-order valence-electron chi connectivity index (χ4n) is 2.61. The highest BCUT2D eigenvalue weighted by Crippen LogP contribution is 2.31. The highest BCUT2D eigenvalue weighted by molar-refractivity contribution is 6.60. The Kier molecular flexibility index (Phi) is 4.60. The molecule has 0 aliphatic rings. The van der Waals surface area contributed by atoms with Crippen molar-refractivity contribution in [1.82, 2.24) is 0 Å². The van der Waals surface area contributed by atoms with Crippen LogP contribution < -0.4 is 5.46 Å². The summed E-state index contributed by atoms with van der Waals surface area (Å²) in [5.74, 6) is 0. The SMILES string of the molecule is C=COB(O)c1ccc(-c2ccccc2)c(-c2ccccc2)c1. The van der Waals surface area contributed by atoms with Crippen molar-refractivity contribution in [2.45, 2.75) is 0 Å². The summed E-state index contributed by atoms with van der Waals surface area (Å²) >= 11 is 0. The summed E-state index contributed by atoms with van der Waals surface area (Å²) in [5, 5.41) is 10.1. The van der Waals surface area contributed by atoms with E-state index in [0.29, 0.717) is 5.46 Å². The van der Waals surface area contributed by atoms with E-state index in [1.165, 1.54) is 6.26 Å². The summed E-state index contributed by atoms with van der Waals surface area (Å²) in [7, 11) is -1.01. The summed E-state index contributed by atoms with van der Waals surface area (Å²) in [6.07, 6.45) is 1.25. The third kappa shape index (κ3) is 3.36. The molecule has 3 heteroatoms. The number of benzene rings is 3. The molecule has 0 saturated carbocycles. The zero-order chi connectivity index (χ0) is 16.1. The summed E-state index contributed by atoms with van der Waals surface area (Å²) in [5.41, 5.74) is 5.10. The van der Waals surface area contributed by atoms with E-state index >= 15 is 0 Å². The van der Waals surface area contributed by atoms with Gasteiger partial charge in [0.1, 0.15) is 0 Å². The Hall–Kier alpha value is -2.78. The normalized spacial score (nSPS) is 10.1. The minimum Gasteiger partial charge on any atom is -0.539 e. The Morgan fingerprint density at radius 3 is 1.91 bits per heavy atom. The van der Waals surface area contributed by atoms with Crippen LogP contribution in [0.15, 0.2) is 91.7 Å². The Morgan fingerprint density at radius 2 is 1.35 bits per heavy atom. The van der Waals surface area contributed by atoms with Crippen LogP contribution in [0.1, 0.15) is 0 Å². The van der Waals surface area contributed by atoms with Crippen molar-refractivity contribution in [3.8, 4) is 22.3 Å². The van der Waals surface area contributed by atoms with Crippen LogP contribution in [-0.4, -0.2) is 12.1 Å². The third-order valence-electron chi connectivity index (χ3n) is 3.72. The Morgan fingerprint density at radius 1 is 0.783 bits per heavy atom. The lowest BCUT2D eigenvalue weighted by molar-refractivity contribution is 0.387. The van der Waals surface area contributed by atoms with Gasteiger partial charge in [-0.25, -0.2) is 0 Å². The molecule has 0 bridgehead atoms. The zero-order valence-corrected chi connectivity index (χ0v) is 12.7. The average molecular weight is 300 g/mol. The highest BCUT2D eigenvalue weighted by atomic mass is 16.5. The van der Waals surface area contributed by atoms with Gasteiger partial charge in [-0.2, -0.15) is 0 Å². The highest BCUT2D eigenvalue weighted by Gasteiger charge is 2.19. The molecule has 0 spiro atoms. The minimum atomic E-state index is -1.01. The Labute approximate surface area is 136 Å². The lowest BCUT2D eigenvalue weighted by atomic mass is 9.77. The largest absolute Gasteiger partial charge is 0.559 e. The van der Waals surface area contributed by atoms with Gasteiger partial charge in [0, 0.05) is 0 Å². The van der Waals surface area contributed by atoms with Gasteiger partial charge in [-0.15, -0.1) is 0 Å². The van der Waals surface area contributed by atoms with Crippen LogP contribution in [0.25, 0.3) is 22.3 Å². The van der Waals surface area contributed by atoms with Crippen molar-refractivity contribution >= 4 is 12.6 Å². The molecule has 3 rings (SSSR count). The molecular formula is C20H17BO2. The van der Waals surface area contributed by atoms with Crippen molar-refractivity contribution in [2.24, 2.45) is 0 Å². The first kappa shape index (κ1) is 15.1. The Bertz CT molecular complexity index is 785. The second kappa shape index (κ2) is 6.99. The summed E-state index contributed by atoms with van der Waals surface area (Å²) < 4.78 is 5.08. The van der Waals surface area contributed by atoms with Crippen molar-refractivity contribution in [2.75, 3.05) is 0 Å². The van der Waals surface area contributed by atoms with E-state index in [2.05, 4.69) is 30.8 Å². The molecule has 0 unspecified atom stereocenters. The first-order chi connectivity index (χ1) is 11.3. The molecule has 3 aromatic rings. The molecule has 0 fully saturated rings. The van der Waals surface area contributed by atoms with Crippen LogP contribution in [-0.2, 0) is 4.65 Å². The minimum absolute atomic E-state index is 0.698. The second-order valence-corrected chi connectivity index (χ2v) is 5.19. The first-order valence-electron chi connectivity index (χ1n) is 7.49. The monoisotopic (exact) mass is 300 g/mol. The van der Waals surface area contributed by atoms with Crippen molar-refractivity contribution in [1.29, 1.82) is 0 Å². The third-order valence-corrected chi connectivity index (χ3v) is 3.72. The van der Waals surface area contributed by atoms with Crippen molar-refractivity contribution in [3.05, 3.63) is 91.7 Å². The molecule has 0 heterocycles. The maximum absolute atomic E-state index is 10.1. The predicted octanol–water partition coefficient (Wildman–Crippen LogP) is 3.87. The van der Waals surface area contributed by atoms with E-state index in [9.17, 15) is 5.02 Å². The molecule has 1 N–H and O–H groups in total. The van der Waals surface area contributed by atoms with E-state index in [1.54, 1.807) is 0 Å². The summed E-state index contributed by atoms with van der Waals surface area (Å²) in [6.45, 7) is 3.49. The van der Waals surface area contributed by atoms with Gasteiger partial charge in [-0.05, 0) is 27.7 Å². The molecule has 23 heavy (non-hydrogen) atoms. The topological polar surface area (TPSA) is 29.5 Å². The molecule has 0 amide bonds. The maximum atomic E-state index is 10.1. The van der Waals surface area contributed by atoms with Gasteiger partial charge in [-0.1, -0.05) is 85.4 Å². The fraction of sp³-hybridized carbons (Fsp3) is 0. The number of hydrogen-bond acceptors (Lipinski definition) is 2. The van der Waals surface area contributed by atoms with E-state index in [-0.39, 0.29) is 0 Å². The van der Waals surface area contributed by atoms with Gasteiger partial charge >= 0.3 is 7.12 Å². The average Bonchev–Trinajstić information content (AvgIpc) is 2.63. The number of hydrogen-bond donors (Lipinski definition) is 1. The van der Waals surface area contributed by atoms with E-state index in [1.807, 2.05) is 54.6 Å². The molecule has 0 saturated heterocycles. The smallest absolute Gasteiger partial charge is 0.539 e. The molecule has 0 aliphatic heterocycles. The summed E-state index contributed by atoms with van der Waals surface area (Å²) in [4.78, 5) is 0. The maximum Gasteiger partial charge on any atom is 0.559 e. The zero-order valence-electron chi connectivity index (χ0n) is 12.7. The molecule has 3 aromatic carbocycles. The molecular weight excluding hydrogens is 283 g/mol. The van der Waals surface area contributed by atoms with Crippen molar-refractivity contribution in [3.63, 3.8) is 0 Å². The van der Waals surface area contributed by atoms with Crippen LogP contribution in [0.4, 0.5) is 0 Å². The lowest BCUT2D eigenvalue weighted by Gasteiger charge is -2.13. The van der Waals surface area contributed by atoms with Crippen LogP contribution in [0.3, 0.4) is 0 Å². The molecule has 0 radical (unpaired) electrons. The molecule has 112 valence electrons. The van der Waals surface area contributed by atoms with E-state index < -0.39 is 7.12 Å². The van der Waals surface area contributed by atoms with Crippen molar-refractivity contribution < 1.29 is 9.68 Å². The van der Waals surface area contributed by atoms with E-state index in [4.69, 9.17) is 4.65 Å². The van der Waals surface area contributed by atoms with Gasteiger partial charge in [0.25, 0.3) is 0 Å². The molecule has 0 atom stereocenters. The Balaban J connectivity index is 2.15. The lowest BCUT2D eigenvalue weighted by Crippen LogP contribution is -2.32. The molecule has 0 aliphatic carbocycles. The van der Waals surface area contributed by atoms with Gasteiger partial charge in [-0.3, -0.25) is 0 Å². The fourth-order valence-corrected chi connectivity index (χ4v) is 2.61. The van der Waals surface area contributed by atoms with Gasteiger partial charge in [0.2, 0.25) is 0 Å². The first-order valence-corrected chi connectivity index (χ1v) is 7.49. The van der Waals surface area contributed by atoms with Crippen LogP contribution in [0.2, 0.25) is 0 Å². The molecule has 0 aromatic heterocycles. The second-order valence-electron chi connectivity index (χ2n) is 5.19. The van der Waals surface area contributed by atoms with E-state index in [0.717, 1.165) is 22.3 Å². The standard InChI is InChI=1S/C20H17BO2/c1-2-23-21(22)18-13-14-19(16-9-5-3-6-10-16)20(15-18)17-11-7-4-8-12-17/h2-15,22H,1H2. The predicted molar refractivity (Wildman–Crippen MR) is 96.2 cm³/mol. The van der Waals surface area contributed by atoms with Crippen LogP contribution >= 0.6 is 0 Å². The summed E-state index contributed by atoms with van der Waals surface area (Å²) in [6, 6.07) is 26.2. The number of rotatable bonds is 5. The molecule has 2 nitrogen and oxygen atoms in total. The van der Waals surface area contributed by atoms with Crippen LogP contribution in [0, 0.1) is 0 Å². The van der Waals surface area contributed by atoms with Gasteiger partial charge in [0.05, 0.1) is 6.26 Å².